The second kappa shape index (κ2) is 7.69. The average molecular weight is 349 g/mol. The van der Waals surface area contributed by atoms with E-state index in [4.69, 9.17) is 10.00 Å². The van der Waals surface area contributed by atoms with E-state index in [0.29, 0.717) is 15.8 Å². The largest absolute Gasteiger partial charge is 0.478 e. The Morgan fingerprint density at radius 1 is 1.24 bits per heavy atom. The van der Waals surface area contributed by atoms with Gasteiger partial charge in [-0.15, -0.1) is 0 Å². The van der Waals surface area contributed by atoms with Crippen molar-refractivity contribution < 1.29 is 9.53 Å². The van der Waals surface area contributed by atoms with E-state index in [1.165, 1.54) is 11.8 Å². The molecule has 6 heteroatoms. The van der Waals surface area contributed by atoms with Gasteiger partial charge >= 0.3 is 0 Å². The van der Waals surface area contributed by atoms with Gasteiger partial charge in [-0.1, -0.05) is 35.9 Å². The summed E-state index contributed by atoms with van der Waals surface area (Å²) in [6, 6.07) is 17.0. The van der Waals surface area contributed by atoms with Crippen LogP contribution in [0.15, 0.2) is 58.4 Å². The topological polar surface area (TPSA) is 74.5 Å². The van der Waals surface area contributed by atoms with Crippen LogP contribution in [0.25, 0.3) is 6.08 Å². The first-order valence-electron chi connectivity index (χ1n) is 7.61. The fourth-order valence-corrected chi connectivity index (χ4v) is 3.03. The Kier molecular flexibility index (Phi) is 5.17. The summed E-state index contributed by atoms with van der Waals surface area (Å²) in [6.45, 7) is 1.97. The van der Waals surface area contributed by atoms with E-state index in [0.717, 1.165) is 16.8 Å². The number of hydrogen-bond donors (Lipinski definition) is 1. The third-order valence-corrected chi connectivity index (χ3v) is 4.32. The zero-order valence-electron chi connectivity index (χ0n) is 13.5. The van der Waals surface area contributed by atoms with Gasteiger partial charge in [0.25, 0.3) is 5.91 Å². The van der Waals surface area contributed by atoms with Crippen LogP contribution in [0.5, 0.6) is 5.75 Å². The molecule has 1 amide bonds. The smallest absolute Gasteiger partial charge is 0.264 e. The average Bonchev–Trinajstić information content (AvgIpc) is 2.95. The van der Waals surface area contributed by atoms with Gasteiger partial charge in [-0.3, -0.25) is 4.79 Å². The van der Waals surface area contributed by atoms with Crippen LogP contribution in [0, 0.1) is 18.3 Å². The van der Waals surface area contributed by atoms with Crippen LogP contribution in [0.3, 0.4) is 0 Å². The monoisotopic (exact) mass is 349 g/mol. The molecule has 25 heavy (non-hydrogen) atoms. The lowest BCUT2D eigenvalue weighted by Crippen LogP contribution is -2.19. The number of benzene rings is 2. The van der Waals surface area contributed by atoms with Gasteiger partial charge in [-0.25, -0.2) is 4.99 Å². The van der Waals surface area contributed by atoms with Crippen molar-refractivity contribution in [2.45, 2.75) is 6.92 Å². The van der Waals surface area contributed by atoms with Gasteiger partial charge in [0.15, 0.2) is 11.8 Å². The van der Waals surface area contributed by atoms with Crippen molar-refractivity contribution in [3.8, 4) is 11.8 Å². The molecule has 5 nitrogen and oxygen atoms in total. The SMILES string of the molecule is Cc1ccc(N=C2NC(=O)/C(=C\c3ccccc3OCC#N)S2)cc1. The molecule has 2 aromatic carbocycles. The van der Waals surface area contributed by atoms with Gasteiger partial charge in [0.2, 0.25) is 0 Å². The van der Waals surface area contributed by atoms with E-state index in [1.54, 1.807) is 12.1 Å². The molecular formula is C19H15N3O2S. The molecule has 0 spiro atoms. The van der Waals surface area contributed by atoms with Crippen molar-refractivity contribution >= 4 is 34.6 Å². The van der Waals surface area contributed by atoms with Crippen molar-refractivity contribution in [1.29, 1.82) is 5.26 Å². The van der Waals surface area contributed by atoms with E-state index in [-0.39, 0.29) is 12.5 Å². The first kappa shape index (κ1) is 16.8. The maximum absolute atomic E-state index is 12.2. The number of nitriles is 1. The Hall–Kier alpha value is -3.04. The van der Waals surface area contributed by atoms with Crippen molar-refractivity contribution in [3.63, 3.8) is 0 Å². The van der Waals surface area contributed by atoms with Crippen LogP contribution in [-0.2, 0) is 4.79 Å². The van der Waals surface area contributed by atoms with Gasteiger partial charge in [-0.2, -0.15) is 5.26 Å². The molecule has 1 aliphatic rings. The minimum Gasteiger partial charge on any atom is -0.478 e. The number of nitrogens with zero attached hydrogens (tertiary/aromatic N) is 2. The lowest BCUT2D eigenvalue weighted by Gasteiger charge is -2.05. The Labute approximate surface area is 150 Å². The fraction of sp³-hybridized carbons (Fsp3) is 0.105. The number of ether oxygens (including phenoxy) is 1. The van der Waals surface area contributed by atoms with Crippen molar-refractivity contribution in [2.24, 2.45) is 4.99 Å². The zero-order valence-corrected chi connectivity index (χ0v) is 14.3. The molecule has 124 valence electrons. The predicted octanol–water partition coefficient (Wildman–Crippen LogP) is 3.79. The molecule has 0 aliphatic carbocycles. The Balaban J connectivity index is 1.82. The number of amides is 1. The molecule has 1 fully saturated rings. The van der Waals surface area contributed by atoms with Gasteiger partial charge in [0.1, 0.15) is 11.8 Å². The van der Waals surface area contributed by atoms with E-state index in [2.05, 4.69) is 10.3 Å². The summed E-state index contributed by atoms with van der Waals surface area (Å²) in [4.78, 5) is 17.2. The van der Waals surface area contributed by atoms with E-state index in [9.17, 15) is 4.79 Å². The van der Waals surface area contributed by atoms with Crippen LogP contribution in [0.1, 0.15) is 11.1 Å². The number of carbonyl (C=O) groups excluding carboxylic acids is 1. The number of amidine groups is 1. The molecule has 0 atom stereocenters. The summed E-state index contributed by atoms with van der Waals surface area (Å²) in [6.07, 6.45) is 1.74. The molecule has 0 radical (unpaired) electrons. The first-order chi connectivity index (χ1) is 12.2. The molecule has 0 bridgehead atoms. The summed E-state index contributed by atoms with van der Waals surface area (Å²) >= 11 is 1.28. The lowest BCUT2D eigenvalue weighted by molar-refractivity contribution is -0.115. The quantitative estimate of drug-likeness (QED) is 0.852. The molecular weight excluding hydrogens is 334 g/mol. The van der Waals surface area contributed by atoms with E-state index >= 15 is 0 Å². The van der Waals surface area contributed by atoms with Gasteiger partial charge in [0.05, 0.1) is 10.6 Å². The van der Waals surface area contributed by atoms with Crippen LogP contribution < -0.4 is 10.1 Å². The van der Waals surface area contributed by atoms with Crippen LogP contribution in [0.4, 0.5) is 5.69 Å². The van der Waals surface area contributed by atoms with Crippen molar-refractivity contribution in [1.82, 2.24) is 5.32 Å². The van der Waals surface area contributed by atoms with Crippen LogP contribution >= 0.6 is 11.8 Å². The Bertz CT molecular complexity index is 896. The highest BCUT2D eigenvalue weighted by Crippen LogP contribution is 2.30. The number of aryl methyl sites for hydroxylation is 1. The van der Waals surface area contributed by atoms with Crippen LogP contribution in [-0.4, -0.2) is 17.7 Å². The minimum absolute atomic E-state index is 0.0420. The summed E-state index contributed by atoms with van der Waals surface area (Å²) in [5.74, 6) is 0.361. The Morgan fingerprint density at radius 3 is 2.76 bits per heavy atom. The summed E-state index contributed by atoms with van der Waals surface area (Å²) < 4.78 is 5.39. The highest BCUT2D eigenvalue weighted by atomic mass is 32.2. The van der Waals surface area contributed by atoms with Gasteiger partial charge in [0, 0.05) is 5.56 Å². The number of thioether (sulfide) groups is 1. The number of nitrogens with one attached hydrogen (secondary N) is 1. The molecule has 0 unspecified atom stereocenters. The highest BCUT2D eigenvalue weighted by Gasteiger charge is 2.24. The third kappa shape index (κ3) is 4.28. The van der Waals surface area contributed by atoms with Gasteiger partial charge < -0.3 is 10.1 Å². The molecule has 1 N–H and O–H groups in total. The molecule has 0 aromatic heterocycles. The zero-order chi connectivity index (χ0) is 17.6. The number of para-hydroxylation sites is 1. The standard InChI is InChI=1S/C19H15N3O2S/c1-13-6-8-15(9-7-13)21-19-22-18(23)17(25-19)12-14-4-2-3-5-16(14)24-11-10-20/h2-9,12H,11H2,1H3,(H,21,22,23)/b17-12+. The molecule has 3 rings (SSSR count). The second-order valence-electron chi connectivity index (χ2n) is 5.30. The predicted molar refractivity (Wildman–Crippen MR) is 99.5 cm³/mol. The molecule has 2 aromatic rings. The normalized spacial score (nSPS) is 16.7. The van der Waals surface area contributed by atoms with Crippen molar-refractivity contribution in [2.75, 3.05) is 6.61 Å². The first-order valence-corrected chi connectivity index (χ1v) is 8.42. The van der Waals surface area contributed by atoms with E-state index < -0.39 is 0 Å². The van der Waals surface area contributed by atoms with Crippen molar-refractivity contribution in [3.05, 3.63) is 64.6 Å². The third-order valence-electron chi connectivity index (χ3n) is 3.41. The molecule has 1 aliphatic heterocycles. The maximum atomic E-state index is 12.2. The molecule has 0 saturated carbocycles. The number of aliphatic imine (C=N–C) groups is 1. The fourth-order valence-electron chi connectivity index (χ4n) is 2.20. The minimum atomic E-state index is -0.203. The summed E-state index contributed by atoms with van der Waals surface area (Å²) in [7, 11) is 0. The number of rotatable bonds is 4. The van der Waals surface area contributed by atoms with Gasteiger partial charge in [-0.05, 0) is 43.0 Å². The van der Waals surface area contributed by atoms with E-state index in [1.807, 2.05) is 55.5 Å². The molecule has 1 saturated heterocycles. The summed E-state index contributed by atoms with van der Waals surface area (Å²) in [5, 5.41) is 12.0. The number of hydrogen-bond acceptors (Lipinski definition) is 5. The summed E-state index contributed by atoms with van der Waals surface area (Å²) in [5.41, 5.74) is 2.68. The second-order valence-corrected chi connectivity index (χ2v) is 6.33. The highest BCUT2D eigenvalue weighted by molar-refractivity contribution is 8.18. The maximum Gasteiger partial charge on any atom is 0.264 e. The molecule has 1 heterocycles. The number of carbonyl (C=O) groups is 1. The lowest BCUT2D eigenvalue weighted by atomic mass is 10.2. The Morgan fingerprint density at radius 2 is 2.00 bits per heavy atom. The van der Waals surface area contributed by atoms with Crippen LogP contribution in [0.2, 0.25) is 0 Å².